The Labute approximate surface area is 94.7 Å². The number of aliphatic hydroxyl groups excluding tert-OH is 1. The minimum absolute atomic E-state index is 0.273. The summed E-state index contributed by atoms with van der Waals surface area (Å²) in [5.74, 6) is 0.394. The summed E-state index contributed by atoms with van der Waals surface area (Å²) in [5, 5.41) is 9.67. The van der Waals surface area contributed by atoms with Crippen molar-refractivity contribution in [2.75, 3.05) is 24.6 Å². The highest BCUT2D eigenvalue weighted by atomic mass is 35.5. The van der Waals surface area contributed by atoms with E-state index in [-0.39, 0.29) is 6.61 Å². The van der Waals surface area contributed by atoms with Crippen LogP contribution in [0.5, 0.6) is 0 Å². The molecule has 2 rings (SSSR count). The molecule has 1 saturated heterocycles. The van der Waals surface area contributed by atoms with Crippen molar-refractivity contribution in [2.45, 2.75) is 12.8 Å². The molecule has 4 heteroatoms. The number of aliphatic hydroxyl groups is 1. The van der Waals surface area contributed by atoms with Crippen LogP contribution >= 0.6 is 11.6 Å². The minimum Gasteiger partial charge on any atom is -0.396 e. The van der Waals surface area contributed by atoms with Crippen molar-refractivity contribution in [3.8, 4) is 0 Å². The van der Waals surface area contributed by atoms with Crippen LogP contribution in [0.2, 0.25) is 5.15 Å². The van der Waals surface area contributed by atoms with Crippen LogP contribution in [0.4, 0.5) is 5.69 Å². The zero-order chi connectivity index (χ0) is 10.7. The first-order valence-electron chi connectivity index (χ1n) is 5.27. The molecule has 1 atom stereocenters. The minimum atomic E-state index is 0.273. The van der Waals surface area contributed by atoms with Crippen molar-refractivity contribution in [2.24, 2.45) is 5.92 Å². The first-order valence-corrected chi connectivity index (χ1v) is 5.65. The molecule has 1 aromatic heterocycles. The molecule has 1 fully saturated rings. The fraction of sp³-hybridized carbons (Fsp3) is 0.545. The number of rotatable bonds is 2. The molecule has 3 nitrogen and oxygen atoms in total. The molecular formula is C11H15ClN2O. The maximum absolute atomic E-state index is 9.15. The standard InChI is InChI=1S/C11H15ClN2O/c12-11-6-10(3-4-13-11)14-5-1-2-9(7-14)8-15/h3-4,6,9,15H,1-2,5,7-8H2. The molecule has 1 N–H and O–H groups in total. The SMILES string of the molecule is OCC1CCCN(c2ccnc(Cl)c2)C1. The van der Waals surface area contributed by atoms with E-state index in [0.29, 0.717) is 11.1 Å². The van der Waals surface area contributed by atoms with E-state index in [1.807, 2.05) is 12.1 Å². The first kappa shape index (κ1) is 10.7. The lowest BCUT2D eigenvalue weighted by Gasteiger charge is -2.33. The summed E-state index contributed by atoms with van der Waals surface area (Å²) in [6.45, 7) is 2.23. The van der Waals surface area contributed by atoms with E-state index < -0.39 is 0 Å². The lowest BCUT2D eigenvalue weighted by Crippen LogP contribution is -2.36. The topological polar surface area (TPSA) is 36.4 Å². The molecule has 0 aromatic carbocycles. The zero-order valence-electron chi connectivity index (χ0n) is 8.56. The Bertz CT molecular complexity index is 332. The van der Waals surface area contributed by atoms with Gasteiger partial charge in [-0.05, 0) is 30.9 Å². The molecule has 0 amide bonds. The molecule has 1 unspecified atom stereocenters. The Kier molecular flexibility index (Phi) is 3.44. The lowest BCUT2D eigenvalue weighted by molar-refractivity contribution is 0.209. The number of piperidine rings is 1. The fourth-order valence-electron chi connectivity index (χ4n) is 2.04. The van der Waals surface area contributed by atoms with Gasteiger partial charge in [0.05, 0.1) is 0 Å². The van der Waals surface area contributed by atoms with Crippen LogP contribution in [0.1, 0.15) is 12.8 Å². The van der Waals surface area contributed by atoms with E-state index >= 15 is 0 Å². The average Bonchev–Trinajstić information content (AvgIpc) is 2.29. The summed E-state index contributed by atoms with van der Waals surface area (Å²) < 4.78 is 0. The van der Waals surface area contributed by atoms with Gasteiger partial charge in [0.25, 0.3) is 0 Å². The average molecular weight is 227 g/mol. The van der Waals surface area contributed by atoms with Gasteiger partial charge in [0.1, 0.15) is 5.15 Å². The van der Waals surface area contributed by atoms with Crippen LogP contribution in [0.15, 0.2) is 18.3 Å². The molecule has 0 radical (unpaired) electrons. The molecule has 0 saturated carbocycles. The Hall–Kier alpha value is -0.800. The van der Waals surface area contributed by atoms with Crippen LogP contribution in [-0.2, 0) is 0 Å². The normalized spacial score (nSPS) is 21.7. The van der Waals surface area contributed by atoms with Gasteiger partial charge in [0.2, 0.25) is 0 Å². The molecular weight excluding hydrogens is 212 g/mol. The molecule has 15 heavy (non-hydrogen) atoms. The number of halogens is 1. The molecule has 1 aliphatic heterocycles. The summed E-state index contributed by atoms with van der Waals surface area (Å²) >= 11 is 5.85. The summed E-state index contributed by atoms with van der Waals surface area (Å²) in [6.07, 6.45) is 3.97. The van der Waals surface area contributed by atoms with E-state index in [9.17, 15) is 0 Å². The van der Waals surface area contributed by atoms with Crippen LogP contribution < -0.4 is 4.90 Å². The largest absolute Gasteiger partial charge is 0.396 e. The number of hydrogen-bond donors (Lipinski definition) is 1. The van der Waals surface area contributed by atoms with E-state index in [1.165, 1.54) is 0 Å². The van der Waals surface area contributed by atoms with Gasteiger partial charge >= 0.3 is 0 Å². The third-order valence-electron chi connectivity index (χ3n) is 2.85. The van der Waals surface area contributed by atoms with E-state index in [0.717, 1.165) is 31.6 Å². The molecule has 0 spiro atoms. The Morgan fingerprint density at radius 2 is 2.47 bits per heavy atom. The molecule has 82 valence electrons. The monoisotopic (exact) mass is 226 g/mol. The van der Waals surface area contributed by atoms with Crippen LogP contribution in [0.3, 0.4) is 0 Å². The summed E-state index contributed by atoms with van der Waals surface area (Å²) in [7, 11) is 0. The Morgan fingerprint density at radius 1 is 1.60 bits per heavy atom. The number of hydrogen-bond acceptors (Lipinski definition) is 3. The smallest absolute Gasteiger partial charge is 0.131 e. The number of nitrogens with zero attached hydrogens (tertiary/aromatic N) is 2. The molecule has 1 aliphatic rings. The van der Waals surface area contributed by atoms with E-state index in [4.69, 9.17) is 16.7 Å². The van der Waals surface area contributed by atoms with Gasteiger partial charge in [-0.1, -0.05) is 11.6 Å². The number of pyridine rings is 1. The van der Waals surface area contributed by atoms with Crippen LogP contribution in [0.25, 0.3) is 0 Å². The van der Waals surface area contributed by atoms with Crippen molar-refractivity contribution in [3.05, 3.63) is 23.5 Å². The van der Waals surface area contributed by atoms with E-state index in [2.05, 4.69) is 9.88 Å². The zero-order valence-corrected chi connectivity index (χ0v) is 9.32. The maximum Gasteiger partial charge on any atom is 0.131 e. The first-order chi connectivity index (χ1) is 7.29. The van der Waals surface area contributed by atoms with Gasteiger partial charge in [-0.3, -0.25) is 0 Å². The highest BCUT2D eigenvalue weighted by molar-refractivity contribution is 6.29. The number of anilines is 1. The van der Waals surface area contributed by atoms with Gasteiger partial charge < -0.3 is 10.0 Å². The second-order valence-corrected chi connectivity index (χ2v) is 4.36. The van der Waals surface area contributed by atoms with Crippen LogP contribution in [0, 0.1) is 5.92 Å². The van der Waals surface area contributed by atoms with Crippen molar-refractivity contribution < 1.29 is 5.11 Å². The van der Waals surface area contributed by atoms with Gasteiger partial charge in [-0.2, -0.15) is 0 Å². The van der Waals surface area contributed by atoms with Crippen molar-refractivity contribution in [1.82, 2.24) is 4.98 Å². The highest BCUT2D eigenvalue weighted by Gasteiger charge is 2.19. The summed E-state index contributed by atoms with van der Waals surface area (Å²) in [6, 6.07) is 3.84. The van der Waals surface area contributed by atoms with Crippen molar-refractivity contribution in [3.63, 3.8) is 0 Å². The molecule has 0 aliphatic carbocycles. The van der Waals surface area contributed by atoms with Gasteiger partial charge in [0, 0.05) is 31.6 Å². The Balaban J connectivity index is 2.09. The van der Waals surface area contributed by atoms with Gasteiger partial charge in [-0.15, -0.1) is 0 Å². The Morgan fingerprint density at radius 3 is 3.20 bits per heavy atom. The van der Waals surface area contributed by atoms with Gasteiger partial charge in [0.15, 0.2) is 0 Å². The van der Waals surface area contributed by atoms with Crippen LogP contribution in [-0.4, -0.2) is 29.8 Å². The van der Waals surface area contributed by atoms with E-state index in [1.54, 1.807) is 6.20 Å². The molecule has 1 aromatic rings. The predicted molar refractivity (Wildman–Crippen MR) is 61.3 cm³/mol. The highest BCUT2D eigenvalue weighted by Crippen LogP contribution is 2.23. The van der Waals surface area contributed by atoms with Crippen molar-refractivity contribution >= 4 is 17.3 Å². The second-order valence-electron chi connectivity index (χ2n) is 3.97. The third-order valence-corrected chi connectivity index (χ3v) is 3.06. The summed E-state index contributed by atoms with van der Waals surface area (Å²) in [5.41, 5.74) is 1.10. The quantitative estimate of drug-likeness (QED) is 0.784. The lowest BCUT2D eigenvalue weighted by atomic mass is 9.99. The summed E-state index contributed by atoms with van der Waals surface area (Å²) in [4.78, 5) is 6.23. The second kappa shape index (κ2) is 4.81. The molecule has 2 heterocycles. The predicted octanol–water partition coefficient (Wildman–Crippen LogP) is 1.94. The fourth-order valence-corrected chi connectivity index (χ4v) is 2.21. The third kappa shape index (κ3) is 2.61. The number of aromatic nitrogens is 1. The van der Waals surface area contributed by atoms with Gasteiger partial charge in [-0.25, -0.2) is 4.98 Å². The molecule has 0 bridgehead atoms. The van der Waals surface area contributed by atoms with Crippen molar-refractivity contribution in [1.29, 1.82) is 0 Å². The maximum atomic E-state index is 9.15.